The van der Waals surface area contributed by atoms with Gasteiger partial charge in [0.1, 0.15) is 0 Å². The maximum Gasteiger partial charge on any atom is 0.262 e. The van der Waals surface area contributed by atoms with Crippen LogP contribution in [0.15, 0.2) is 39.5 Å². The summed E-state index contributed by atoms with van der Waals surface area (Å²) in [5.74, 6) is 1.39. The lowest BCUT2D eigenvalue weighted by Crippen LogP contribution is -1.86. The minimum Gasteiger partial charge on any atom is -0.504 e. The Bertz CT molecular complexity index is 745. The zero-order valence-electron chi connectivity index (χ0n) is 11.0. The molecule has 1 aromatic carbocycles. The van der Waals surface area contributed by atoms with E-state index in [1.807, 2.05) is 13.0 Å². The third kappa shape index (κ3) is 1.91. The number of furan rings is 1. The van der Waals surface area contributed by atoms with Gasteiger partial charge in [0.15, 0.2) is 17.3 Å². The molecule has 0 fully saturated rings. The highest BCUT2D eigenvalue weighted by molar-refractivity contribution is 5.68. The van der Waals surface area contributed by atoms with Crippen molar-refractivity contribution in [2.45, 2.75) is 6.92 Å². The third-order valence-corrected chi connectivity index (χ3v) is 2.94. The number of rotatable bonds is 3. The molecule has 1 N–H and O–H groups in total. The van der Waals surface area contributed by atoms with E-state index in [1.165, 1.54) is 7.11 Å². The van der Waals surface area contributed by atoms with Crippen LogP contribution in [0.3, 0.4) is 0 Å². The average molecular weight is 272 g/mol. The lowest BCUT2D eigenvalue weighted by Gasteiger charge is -2.04. The summed E-state index contributed by atoms with van der Waals surface area (Å²) in [5.41, 5.74) is 1.32. The van der Waals surface area contributed by atoms with Gasteiger partial charge < -0.3 is 18.8 Å². The Labute approximate surface area is 114 Å². The van der Waals surface area contributed by atoms with Gasteiger partial charge in [0, 0.05) is 0 Å². The number of phenols is 1. The van der Waals surface area contributed by atoms with Crippen molar-refractivity contribution < 1.29 is 18.8 Å². The number of phenolic OH excluding ortho intramolecular Hbond substituents is 1. The van der Waals surface area contributed by atoms with E-state index in [9.17, 15) is 5.11 Å². The van der Waals surface area contributed by atoms with Gasteiger partial charge in [0.25, 0.3) is 5.89 Å². The lowest BCUT2D eigenvalue weighted by atomic mass is 10.2. The second-order valence-electron chi connectivity index (χ2n) is 4.21. The number of aromatic nitrogens is 2. The Kier molecular flexibility index (Phi) is 2.90. The van der Waals surface area contributed by atoms with Crippen LogP contribution in [0.5, 0.6) is 11.5 Å². The van der Waals surface area contributed by atoms with Gasteiger partial charge in [-0.05, 0) is 30.7 Å². The van der Waals surface area contributed by atoms with E-state index < -0.39 is 0 Å². The zero-order valence-corrected chi connectivity index (χ0v) is 11.0. The van der Waals surface area contributed by atoms with Crippen LogP contribution in [-0.2, 0) is 0 Å². The van der Waals surface area contributed by atoms with E-state index in [0.717, 1.165) is 5.56 Å². The zero-order chi connectivity index (χ0) is 14.1. The van der Waals surface area contributed by atoms with Crippen LogP contribution >= 0.6 is 0 Å². The molecule has 0 bridgehead atoms. The van der Waals surface area contributed by atoms with Crippen LogP contribution in [0.2, 0.25) is 0 Å². The average Bonchev–Trinajstić information content (AvgIpc) is 3.07. The minimum absolute atomic E-state index is 0.0404. The van der Waals surface area contributed by atoms with E-state index in [2.05, 4.69) is 10.1 Å². The first-order valence-electron chi connectivity index (χ1n) is 5.95. The number of methoxy groups -OCH3 is 1. The molecule has 6 nitrogen and oxygen atoms in total. The smallest absolute Gasteiger partial charge is 0.262 e. The van der Waals surface area contributed by atoms with Crippen LogP contribution in [0.1, 0.15) is 5.56 Å². The molecule has 3 rings (SSSR count). The quantitative estimate of drug-likeness (QED) is 0.789. The number of hydrogen-bond donors (Lipinski definition) is 1. The number of aryl methyl sites for hydroxylation is 1. The van der Waals surface area contributed by atoms with Gasteiger partial charge in [-0.25, -0.2) is 0 Å². The Morgan fingerprint density at radius 2 is 2.10 bits per heavy atom. The Hall–Kier alpha value is -2.76. The molecule has 0 radical (unpaired) electrons. The van der Waals surface area contributed by atoms with E-state index in [0.29, 0.717) is 22.9 Å². The molecule has 0 amide bonds. The van der Waals surface area contributed by atoms with E-state index in [1.54, 1.807) is 24.5 Å². The molecule has 2 heterocycles. The van der Waals surface area contributed by atoms with Crippen LogP contribution in [0.25, 0.3) is 23.0 Å². The van der Waals surface area contributed by atoms with Gasteiger partial charge in [0.05, 0.1) is 18.9 Å². The number of para-hydroxylation sites is 1. The SMILES string of the molecule is COc1cccc(-c2nc(-c3occc3C)no2)c1O. The molecule has 3 aromatic rings. The van der Waals surface area contributed by atoms with Crippen LogP contribution < -0.4 is 4.74 Å². The number of nitrogens with zero attached hydrogens (tertiary/aromatic N) is 2. The van der Waals surface area contributed by atoms with Gasteiger partial charge in [-0.2, -0.15) is 4.98 Å². The maximum atomic E-state index is 10.1. The number of aromatic hydroxyl groups is 1. The van der Waals surface area contributed by atoms with Crippen LogP contribution in [0, 0.1) is 6.92 Å². The molecule has 2 aromatic heterocycles. The van der Waals surface area contributed by atoms with E-state index >= 15 is 0 Å². The Morgan fingerprint density at radius 3 is 2.80 bits per heavy atom. The monoisotopic (exact) mass is 272 g/mol. The lowest BCUT2D eigenvalue weighted by molar-refractivity contribution is 0.371. The summed E-state index contributed by atoms with van der Waals surface area (Å²) in [5, 5.41) is 13.9. The summed E-state index contributed by atoms with van der Waals surface area (Å²) in [7, 11) is 1.48. The predicted octanol–water partition coefficient (Wildman–Crippen LogP) is 3.02. The molecule has 0 aliphatic rings. The molecule has 0 aliphatic carbocycles. The van der Waals surface area contributed by atoms with Crippen molar-refractivity contribution in [1.82, 2.24) is 10.1 Å². The van der Waals surface area contributed by atoms with Crippen molar-refractivity contribution in [1.29, 1.82) is 0 Å². The van der Waals surface area contributed by atoms with Gasteiger partial charge in [0.2, 0.25) is 5.82 Å². The fraction of sp³-hybridized carbons (Fsp3) is 0.143. The highest BCUT2D eigenvalue weighted by Crippen LogP contribution is 2.36. The first-order valence-corrected chi connectivity index (χ1v) is 5.95. The van der Waals surface area contributed by atoms with Crippen molar-refractivity contribution >= 4 is 0 Å². The number of benzene rings is 1. The van der Waals surface area contributed by atoms with E-state index in [4.69, 9.17) is 13.7 Å². The fourth-order valence-electron chi connectivity index (χ4n) is 1.89. The highest BCUT2D eigenvalue weighted by atomic mass is 16.5. The van der Waals surface area contributed by atoms with Crippen molar-refractivity contribution in [3.05, 3.63) is 36.1 Å². The maximum absolute atomic E-state index is 10.1. The molecular formula is C14H12N2O4. The molecule has 0 aliphatic heterocycles. The van der Waals surface area contributed by atoms with Crippen molar-refractivity contribution in [2.24, 2.45) is 0 Å². The summed E-state index contributed by atoms with van der Waals surface area (Å²) < 4.78 is 15.5. The molecule has 0 atom stereocenters. The van der Waals surface area contributed by atoms with Crippen molar-refractivity contribution in [3.63, 3.8) is 0 Å². The molecule has 0 saturated heterocycles. The summed E-state index contributed by atoms with van der Waals surface area (Å²) in [4.78, 5) is 4.23. The first-order chi connectivity index (χ1) is 9.70. The van der Waals surface area contributed by atoms with Gasteiger partial charge >= 0.3 is 0 Å². The van der Waals surface area contributed by atoms with E-state index in [-0.39, 0.29) is 11.6 Å². The molecule has 6 heteroatoms. The van der Waals surface area contributed by atoms with Crippen LogP contribution in [0.4, 0.5) is 0 Å². The normalized spacial score (nSPS) is 10.7. The second-order valence-corrected chi connectivity index (χ2v) is 4.21. The Balaban J connectivity index is 2.05. The largest absolute Gasteiger partial charge is 0.504 e. The second kappa shape index (κ2) is 4.73. The van der Waals surface area contributed by atoms with Gasteiger partial charge in [-0.15, -0.1) is 0 Å². The summed E-state index contributed by atoms with van der Waals surface area (Å²) >= 11 is 0. The highest BCUT2D eigenvalue weighted by Gasteiger charge is 2.18. The summed E-state index contributed by atoms with van der Waals surface area (Å²) in [6.07, 6.45) is 1.56. The van der Waals surface area contributed by atoms with Gasteiger partial charge in [-0.1, -0.05) is 11.2 Å². The Morgan fingerprint density at radius 1 is 1.25 bits per heavy atom. The van der Waals surface area contributed by atoms with Crippen molar-refractivity contribution in [2.75, 3.05) is 7.11 Å². The standard InChI is InChI=1S/C14H12N2O4/c1-8-6-7-19-12(8)13-15-14(20-16-13)9-4-3-5-10(18-2)11(9)17/h3-7,17H,1-2H3. The molecule has 20 heavy (non-hydrogen) atoms. The molecule has 0 saturated carbocycles. The fourth-order valence-corrected chi connectivity index (χ4v) is 1.89. The summed E-state index contributed by atoms with van der Waals surface area (Å²) in [6, 6.07) is 6.86. The summed E-state index contributed by atoms with van der Waals surface area (Å²) in [6.45, 7) is 1.89. The third-order valence-electron chi connectivity index (χ3n) is 2.94. The molecule has 102 valence electrons. The topological polar surface area (TPSA) is 81.5 Å². The minimum atomic E-state index is -0.0404. The molecule has 0 spiro atoms. The van der Waals surface area contributed by atoms with Crippen molar-refractivity contribution in [3.8, 4) is 34.5 Å². The number of ether oxygens (including phenoxy) is 1. The number of hydrogen-bond acceptors (Lipinski definition) is 6. The molecular weight excluding hydrogens is 260 g/mol. The molecule has 0 unspecified atom stereocenters. The predicted molar refractivity (Wildman–Crippen MR) is 70.4 cm³/mol. The first kappa shape index (κ1) is 12.3. The van der Waals surface area contributed by atoms with Crippen LogP contribution in [-0.4, -0.2) is 22.4 Å². The van der Waals surface area contributed by atoms with Gasteiger partial charge in [-0.3, -0.25) is 0 Å².